The van der Waals surface area contributed by atoms with E-state index < -0.39 is 0 Å². The van der Waals surface area contributed by atoms with Crippen molar-refractivity contribution in [3.8, 4) is 0 Å². The fraction of sp³-hybridized carbons (Fsp3) is 0.350. The van der Waals surface area contributed by atoms with Crippen molar-refractivity contribution in [2.24, 2.45) is 4.99 Å². The summed E-state index contributed by atoms with van der Waals surface area (Å²) in [6.45, 7) is 11.9. The zero-order valence-electron chi connectivity index (χ0n) is 13.9. The van der Waals surface area contributed by atoms with E-state index in [0.717, 1.165) is 49.5 Å². The minimum absolute atomic E-state index is 0.785. The molecule has 0 unspecified atom stereocenters. The van der Waals surface area contributed by atoms with Gasteiger partial charge < -0.3 is 5.32 Å². The van der Waals surface area contributed by atoms with Crippen molar-refractivity contribution in [2.75, 3.05) is 13.1 Å². The van der Waals surface area contributed by atoms with Gasteiger partial charge in [0.25, 0.3) is 0 Å². The van der Waals surface area contributed by atoms with E-state index in [1.165, 1.54) is 22.3 Å². The van der Waals surface area contributed by atoms with E-state index >= 15 is 0 Å². The van der Waals surface area contributed by atoms with Crippen molar-refractivity contribution >= 4 is 22.9 Å². The molecule has 0 atom stereocenters. The van der Waals surface area contributed by atoms with Crippen LogP contribution in [0.5, 0.6) is 0 Å². The van der Waals surface area contributed by atoms with Crippen LogP contribution < -0.4 is 5.32 Å². The maximum absolute atomic E-state index is 6.23. The lowest BCUT2D eigenvalue weighted by atomic mass is 9.87. The van der Waals surface area contributed by atoms with Gasteiger partial charge in [-0.3, -0.25) is 4.99 Å². The summed E-state index contributed by atoms with van der Waals surface area (Å²) in [5.41, 5.74) is 6.05. The Hall–Kier alpha value is -1.64. The van der Waals surface area contributed by atoms with E-state index in [-0.39, 0.29) is 0 Å². The molecule has 1 heterocycles. The van der Waals surface area contributed by atoms with Crippen molar-refractivity contribution in [3.05, 3.63) is 65.4 Å². The Balaban J connectivity index is 2.65. The molecule has 2 rings (SSSR count). The summed E-state index contributed by atoms with van der Waals surface area (Å²) in [6, 6.07) is 6.17. The van der Waals surface area contributed by atoms with Crippen molar-refractivity contribution < 1.29 is 0 Å². The summed E-state index contributed by atoms with van der Waals surface area (Å²) in [4.78, 5) is 4.47. The predicted octanol–water partition coefficient (Wildman–Crippen LogP) is 5.20. The SMILES string of the molecule is C=CN=C(C=C)C(=C1CCNCC1)c1ccc(Cl)cc1CCC. The quantitative estimate of drug-likeness (QED) is 0.713. The number of aliphatic imine (C=N–C) groups is 1. The first-order valence-electron chi connectivity index (χ1n) is 8.24. The van der Waals surface area contributed by atoms with Gasteiger partial charge in [-0.25, -0.2) is 0 Å². The molecule has 23 heavy (non-hydrogen) atoms. The van der Waals surface area contributed by atoms with Crippen LogP contribution in [0, 0.1) is 0 Å². The Bertz CT molecular complexity index is 633. The number of allylic oxidation sites excluding steroid dienone is 2. The molecule has 0 radical (unpaired) electrons. The molecule has 2 nitrogen and oxygen atoms in total. The smallest absolute Gasteiger partial charge is 0.0701 e. The summed E-state index contributed by atoms with van der Waals surface area (Å²) >= 11 is 6.23. The van der Waals surface area contributed by atoms with Crippen LogP contribution in [0.3, 0.4) is 0 Å². The lowest BCUT2D eigenvalue weighted by molar-refractivity contribution is 0.612. The van der Waals surface area contributed by atoms with Crippen LogP contribution in [-0.4, -0.2) is 18.8 Å². The molecule has 0 bridgehead atoms. The molecule has 1 fully saturated rings. The zero-order chi connectivity index (χ0) is 16.7. The van der Waals surface area contributed by atoms with E-state index in [2.05, 4.69) is 42.5 Å². The first kappa shape index (κ1) is 17.7. The first-order valence-corrected chi connectivity index (χ1v) is 8.62. The van der Waals surface area contributed by atoms with Crippen molar-refractivity contribution in [3.63, 3.8) is 0 Å². The second-order valence-electron chi connectivity index (χ2n) is 5.68. The van der Waals surface area contributed by atoms with E-state index in [1.54, 1.807) is 6.20 Å². The van der Waals surface area contributed by atoms with Crippen LogP contribution >= 0.6 is 11.6 Å². The molecule has 122 valence electrons. The molecule has 1 aliphatic heterocycles. The summed E-state index contributed by atoms with van der Waals surface area (Å²) < 4.78 is 0. The number of piperidine rings is 1. The van der Waals surface area contributed by atoms with Crippen LogP contribution in [0.2, 0.25) is 5.02 Å². The highest BCUT2D eigenvalue weighted by molar-refractivity contribution is 6.32. The molecule has 0 aromatic heterocycles. The molecule has 0 spiro atoms. The van der Waals surface area contributed by atoms with E-state index in [9.17, 15) is 0 Å². The summed E-state index contributed by atoms with van der Waals surface area (Å²) in [7, 11) is 0. The molecule has 3 heteroatoms. The molecular weight excluding hydrogens is 304 g/mol. The summed E-state index contributed by atoms with van der Waals surface area (Å²) in [5.74, 6) is 0. The number of nitrogens with one attached hydrogen (secondary N) is 1. The second-order valence-corrected chi connectivity index (χ2v) is 6.12. The molecule has 1 saturated heterocycles. The number of aryl methyl sites for hydroxylation is 1. The Morgan fingerprint density at radius 2 is 2.04 bits per heavy atom. The van der Waals surface area contributed by atoms with Crippen molar-refractivity contribution in [2.45, 2.75) is 32.6 Å². The average Bonchev–Trinajstić information content (AvgIpc) is 2.57. The Morgan fingerprint density at radius 1 is 1.30 bits per heavy atom. The molecule has 1 aliphatic rings. The van der Waals surface area contributed by atoms with Crippen LogP contribution in [0.15, 0.2) is 54.2 Å². The van der Waals surface area contributed by atoms with E-state index in [1.807, 2.05) is 12.1 Å². The normalized spacial score (nSPS) is 15.4. The topological polar surface area (TPSA) is 24.4 Å². The summed E-state index contributed by atoms with van der Waals surface area (Å²) in [6.07, 6.45) is 7.58. The first-order chi connectivity index (χ1) is 11.2. The lowest BCUT2D eigenvalue weighted by Gasteiger charge is -2.22. The van der Waals surface area contributed by atoms with Crippen molar-refractivity contribution in [1.29, 1.82) is 0 Å². The minimum atomic E-state index is 0.785. The highest BCUT2D eigenvalue weighted by Gasteiger charge is 2.18. The van der Waals surface area contributed by atoms with Crippen molar-refractivity contribution in [1.82, 2.24) is 5.32 Å². The van der Waals surface area contributed by atoms with Crippen LogP contribution in [0.4, 0.5) is 0 Å². The predicted molar refractivity (Wildman–Crippen MR) is 102 cm³/mol. The molecule has 1 aromatic rings. The van der Waals surface area contributed by atoms with Gasteiger partial charge >= 0.3 is 0 Å². The lowest BCUT2D eigenvalue weighted by Crippen LogP contribution is -2.24. The fourth-order valence-corrected chi connectivity index (χ4v) is 3.28. The Kier molecular flexibility index (Phi) is 6.82. The van der Waals surface area contributed by atoms with E-state index in [4.69, 9.17) is 11.6 Å². The third-order valence-electron chi connectivity index (χ3n) is 4.10. The average molecular weight is 329 g/mol. The highest BCUT2D eigenvalue weighted by Crippen LogP contribution is 2.31. The molecule has 0 amide bonds. The van der Waals surface area contributed by atoms with Gasteiger partial charge in [-0.2, -0.15) is 0 Å². The maximum Gasteiger partial charge on any atom is 0.0701 e. The summed E-state index contributed by atoms with van der Waals surface area (Å²) in [5, 5.41) is 4.20. The number of rotatable bonds is 6. The van der Waals surface area contributed by atoms with Gasteiger partial charge in [0, 0.05) is 16.8 Å². The fourth-order valence-electron chi connectivity index (χ4n) is 3.09. The molecular formula is C20H25ClN2. The number of hydrogen-bond donors (Lipinski definition) is 1. The molecule has 1 aromatic carbocycles. The van der Waals surface area contributed by atoms with Gasteiger partial charge in [-0.15, -0.1) is 0 Å². The van der Waals surface area contributed by atoms with Gasteiger partial charge in [0.05, 0.1) is 5.71 Å². The molecule has 0 saturated carbocycles. The molecule has 1 N–H and O–H groups in total. The largest absolute Gasteiger partial charge is 0.316 e. The Labute approximate surface area is 144 Å². The van der Waals surface area contributed by atoms with Gasteiger partial charge in [0.1, 0.15) is 0 Å². The minimum Gasteiger partial charge on any atom is -0.316 e. The van der Waals surface area contributed by atoms with E-state index in [0.29, 0.717) is 0 Å². The Morgan fingerprint density at radius 3 is 2.65 bits per heavy atom. The van der Waals surface area contributed by atoms with Gasteiger partial charge in [0.15, 0.2) is 0 Å². The van der Waals surface area contributed by atoms with Gasteiger partial charge in [-0.1, -0.05) is 49.7 Å². The number of benzene rings is 1. The maximum atomic E-state index is 6.23. The standard InChI is InChI=1S/C20H25ClN2/c1-4-7-16-14-17(21)8-9-18(16)20(19(5-2)23-6-3)15-10-12-22-13-11-15/h5-6,8-9,14,22H,2-4,7,10-13H2,1H3. The van der Waals surface area contributed by atoms with Crippen LogP contribution in [0.25, 0.3) is 5.57 Å². The van der Waals surface area contributed by atoms with Crippen LogP contribution in [0.1, 0.15) is 37.3 Å². The molecule has 0 aliphatic carbocycles. The van der Waals surface area contributed by atoms with Gasteiger partial charge in [0.2, 0.25) is 0 Å². The third-order valence-corrected chi connectivity index (χ3v) is 4.33. The number of nitrogens with zero attached hydrogens (tertiary/aromatic N) is 1. The van der Waals surface area contributed by atoms with Crippen LogP contribution in [-0.2, 0) is 6.42 Å². The second kappa shape index (κ2) is 8.85. The number of halogens is 1. The van der Waals surface area contributed by atoms with Gasteiger partial charge in [-0.05, 0) is 61.7 Å². The monoisotopic (exact) mass is 328 g/mol. The highest BCUT2D eigenvalue weighted by atomic mass is 35.5. The third kappa shape index (κ3) is 4.43. The number of hydrogen-bond acceptors (Lipinski definition) is 2. The zero-order valence-corrected chi connectivity index (χ0v) is 14.6.